The molecule has 1 aromatic rings. The van der Waals surface area contributed by atoms with E-state index < -0.39 is 18.0 Å². The Hall–Kier alpha value is -2.77. The summed E-state index contributed by atoms with van der Waals surface area (Å²) in [6.45, 7) is 4.35. The molecule has 2 fully saturated rings. The van der Waals surface area contributed by atoms with E-state index in [0.717, 1.165) is 25.7 Å². The van der Waals surface area contributed by atoms with Gasteiger partial charge < -0.3 is 24.0 Å². The zero-order valence-electron chi connectivity index (χ0n) is 19.5. The number of benzene rings is 1. The maximum absolute atomic E-state index is 13.0. The first-order chi connectivity index (χ1) is 15.4. The highest BCUT2D eigenvalue weighted by molar-refractivity contribution is 6.01. The molecule has 0 bridgehead atoms. The van der Waals surface area contributed by atoms with Crippen molar-refractivity contribution < 1.29 is 28.6 Å². The number of anilines is 1. The molecule has 1 aliphatic carbocycles. The van der Waals surface area contributed by atoms with Gasteiger partial charge in [-0.3, -0.25) is 14.4 Å². The van der Waals surface area contributed by atoms with Crippen LogP contribution in [-0.4, -0.2) is 62.1 Å². The lowest BCUT2D eigenvalue weighted by Crippen LogP contribution is -2.47. The highest BCUT2D eigenvalue weighted by Crippen LogP contribution is 2.36. The van der Waals surface area contributed by atoms with Crippen LogP contribution in [0, 0.1) is 5.92 Å². The summed E-state index contributed by atoms with van der Waals surface area (Å²) in [5.41, 5.74) is 0.576. The predicted molar refractivity (Wildman–Crippen MR) is 120 cm³/mol. The number of hydrogen-bond acceptors (Lipinski definition) is 6. The van der Waals surface area contributed by atoms with Crippen molar-refractivity contribution in [2.24, 2.45) is 5.92 Å². The van der Waals surface area contributed by atoms with Crippen molar-refractivity contribution in [1.29, 1.82) is 0 Å². The monoisotopic (exact) mass is 446 g/mol. The van der Waals surface area contributed by atoms with Crippen molar-refractivity contribution in [3.05, 3.63) is 18.2 Å². The van der Waals surface area contributed by atoms with E-state index in [0.29, 0.717) is 23.7 Å². The van der Waals surface area contributed by atoms with Crippen molar-refractivity contribution in [2.45, 2.75) is 64.5 Å². The molecular formula is C24H34N2O6. The number of amides is 2. The van der Waals surface area contributed by atoms with E-state index in [1.54, 1.807) is 32.2 Å². The molecule has 0 radical (unpaired) electrons. The van der Waals surface area contributed by atoms with Gasteiger partial charge in [-0.05, 0) is 38.8 Å². The fourth-order valence-electron chi connectivity index (χ4n) is 4.65. The highest BCUT2D eigenvalue weighted by atomic mass is 16.5. The van der Waals surface area contributed by atoms with Gasteiger partial charge in [0.05, 0.1) is 25.8 Å². The number of carbonyl (C=O) groups excluding carboxylic acids is 3. The maximum atomic E-state index is 13.0. The van der Waals surface area contributed by atoms with Crippen LogP contribution < -0.4 is 14.4 Å². The van der Waals surface area contributed by atoms with Crippen LogP contribution in [-0.2, 0) is 19.1 Å². The van der Waals surface area contributed by atoms with Crippen LogP contribution in [0.3, 0.4) is 0 Å². The minimum atomic E-state index is -0.871. The minimum absolute atomic E-state index is 0.0368. The van der Waals surface area contributed by atoms with Crippen LogP contribution in [0.15, 0.2) is 18.2 Å². The predicted octanol–water partition coefficient (Wildman–Crippen LogP) is 3.17. The van der Waals surface area contributed by atoms with Gasteiger partial charge in [0.1, 0.15) is 11.5 Å². The Morgan fingerprint density at radius 3 is 2.50 bits per heavy atom. The number of likely N-dealkylation sites (N-methyl/N-ethyl adjacent to an activating group) is 1. The second-order valence-electron chi connectivity index (χ2n) is 8.44. The Kier molecular flexibility index (Phi) is 7.99. The number of carbonyl (C=O) groups is 3. The summed E-state index contributed by atoms with van der Waals surface area (Å²) >= 11 is 0. The normalized spacial score (nSPS) is 20.1. The summed E-state index contributed by atoms with van der Waals surface area (Å²) in [7, 11) is 3.07. The van der Waals surface area contributed by atoms with Gasteiger partial charge in [-0.25, -0.2) is 0 Å². The quantitative estimate of drug-likeness (QED) is 0.570. The highest BCUT2D eigenvalue weighted by Gasteiger charge is 2.39. The van der Waals surface area contributed by atoms with Crippen LogP contribution in [0.4, 0.5) is 5.69 Å². The number of rotatable bonds is 8. The van der Waals surface area contributed by atoms with E-state index in [9.17, 15) is 14.4 Å². The molecule has 3 rings (SSSR count). The number of nitrogens with zero attached hydrogens (tertiary/aromatic N) is 2. The van der Waals surface area contributed by atoms with Gasteiger partial charge >= 0.3 is 5.97 Å². The molecule has 0 spiro atoms. The Morgan fingerprint density at radius 2 is 1.88 bits per heavy atom. The Morgan fingerprint density at radius 1 is 1.16 bits per heavy atom. The molecule has 2 aliphatic rings. The second-order valence-corrected chi connectivity index (χ2v) is 8.44. The van der Waals surface area contributed by atoms with Crippen molar-refractivity contribution >= 4 is 23.5 Å². The lowest BCUT2D eigenvalue weighted by molar-refractivity contribution is -0.163. The number of methoxy groups -OCH3 is 2. The smallest absolute Gasteiger partial charge is 0.312 e. The standard InChI is InChI=1S/C24H34N2O6/c1-5-25(18-9-7-6-8-10-18)23(28)16(2)32-24(29)17-13-22(27)26(15-17)20-12-11-19(30-3)14-21(20)31-4/h11-12,14,16-18H,5-10,13,15H2,1-4H3/t16-,17-/m0/s1. The summed E-state index contributed by atoms with van der Waals surface area (Å²) in [5, 5.41) is 0. The fourth-order valence-corrected chi connectivity index (χ4v) is 4.65. The Bertz CT molecular complexity index is 836. The average molecular weight is 447 g/mol. The molecule has 176 valence electrons. The van der Waals surface area contributed by atoms with E-state index in [1.165, 1.54) is 18.4 Å². The molecule has 1 saturated heterocycles. The molecule has 0 N–H and O–H groups in total. The lowest BCUT2D eigenvalue weighted by atomic mass is 9.94. The van der Waals surface area contributed by atoms with Gasteiger partial charge in [0.25, 0.3) is 5.91 Å². The van der Waals surface area contributed by atoms with Crippen LogP contribution in [0.5, 0.6) is 11.5 Å². The summed E-state index contributed by atoms with van der Waals surface area (Å²) in [6.07, 6.45) is 4.61. The molecule has 1 aromatic carbocycles. The van der Waals surface area contributed by atoms with Crippen molar-refractivity contribution in [3.8, 4) is 11.5 Å². The molecular weight excluding hydrogens is 412 g/mol. The molecule has 1 heterocycles. The first kappa shape index (κ1) is 23.9. The summed E-state index contributed by atoms with van der Waals surface area (Å²) < 4.78 is 16.1. The zero-order chi connectivity index (χ0) is 23.3. The van der Waals surface area contributed by atoms with Gasteiger partial charge in [-0.1, -0.05) is 19.3 Å². The first-order valence-electron chi connectivity index (χ1n) is 11.4. The SMILES string of the molecule is CCN(C(=O)[C@H](C)OC(=O)[C@H]1CC(=O)N(c2ccc(OC)cc2OC)C1)C1CCCCC1. The molecule has 1 aliphatic heterocycles. The maximum Gasteiger partial charge on any atom is 0.312 e. The summed E-state index contributed by atoms with van der Waals surface area (Å²) in [6, 6.07) is 5.38. The Labute approximate surface area is 189 Å². The molecule has 2 amide bonds. The van der Waals surface area contributed by atoms with E-state index in [-0.39, 0.29) is 30.8 Å². The van der Waals surface area contributed by atoms with Crippen LogP contribution >= 0.6 is 0 Å². The van der Waals surface area contributed by atoms with Crippen molar-refractivity contribution in [2.75, 3.05) is 32.2 Å². The molecule has 0 aromatic heterocycles. The fraction of sp³-hybridized carbons (Fsp3) is 0.625. The van der Waals surface area contributed by atoms with Gasteiger partial charge in [0.15, 0.2) is 6.10 Å². The summed E-state index contributed by atoms with van der Waals surface area (Å²) in [5.74, 6) is -0.402. The second kappa shape index (κ2) is 10.7. The number of ether oxygens (including phenoxy) is 3. The van der Waals surface area contributed by atoms with Gasteiger partial charge in [0.2, 0.25) is 5.91 Å². The van der Waals surface area contributed by atoms with Crippen LogP contribution in [0.25, 0.3) is 0 Å². The molecule has 2 atom stereocenters. The van der Waals surface area contributed by atoms with Gasteiger partial charge in [-0.15, -0.1) is 0 Å². The molecule has 32 heavy (non-hydrogen) atoms. The number of hydrogen-bond donors (Lipinski definition) is 0. The molecule has 8 nitrogen and oxygen atoms in total. The van der Waals surface area contributed by atoms with E-state index in [1.807, 2.05) is 11.8 Å². The molecule has 0 unspecified atom stereocenters. The van der Waals surface area contributed by atoms with Crippen LogP contribution in [0.2, 0.25) is 0 Å². The van der Waals surface area contributed by atoms with E-state index in [4.69, 9.17) is 14.2 Å². The minimum Gasteiger partial charge on any atom is -0.497 e. The first-order valence-corrected chi connectivity index (χ1v) is 11.4. The van der Waals surface area contributed by atoms with E-state index >= 15 is 0 Å². The topological polar surface area (TPSA) is 85.4 Å². The van der Waals surface area contributed by atoms with Crippen molar-refractivity contribution in [1.82, 2.24) is 4.90 Å². The third kappa shape index (κ3) is 5.16. The van der Waals surface area contributed by atoms with Crippen LogP contribution in [0.1, 0.15) is 52.4 Å². The zero-order valence-corrected chi connectivity index (χ0v) is 19.5. The average Bonchev–Trinajstić information content (AvgIpc) is 3.21. The van der Waals surface area contributed by atoms with Gasteiger partial charge in [0, 0.05) is 31.6 Å². The van der Waals surface area contributed by atoms with E-state index in [2.05, 4.69) is 0 Å². The summed E-state index contributed by atoms with van der Waals surface area (Å²) in [4.78, 5) is 41.8. The largest absolute Gasteiger partial charge is 0.497 e. The van der Waals surface area contributed by atoms with Crippen molar-refractivity contribution in [3.63, 3.8) is 0 Å². The molecule has 1 saturated carbocycles. The lowest BCUT2D eigenvalue weighted by Gasteiger charge is -2.35. The third-order valence-corrected chi connectivity index (χ3v) is 6.42. The number of esters is 1. The Balaban J connectivity index is 1.63. The molecule has 8 heteroatoms. The van der Waals surface area contributed by atoms with Gasteiger partial charge in [-0.2, -0.15) is 0 Å². The third-order valence-electron chi connectivity index (χ3n) is 6.42.